The van der Waals surface area contributed by atoms with Crippen molar-refractivity contribution in [3.8, 4) is 0 Å². The van der Waals surface area contributed by atoms with E-state index in [-0.39, 0.29) is 5.92 Å². The van der Waals surface area contributed by atoms with E-state index in [9.17, 15) is 9.59 Å². The van der Waals surface area contributed by atoms with E-state index in [1.165, 1.54) is 0 Å². The Morgan fingerprint density at radius 2 is 2.07 bits per heavy atom. The van der Waals surface area contributed by atoms with Gasteiger partial charge in [-0.2, -0.15) is 0 Å². The predicted octanol–water partition coefficient (Wildman–Crippen LogP) is -0.474. The Bertz CT molecular complexity index is 402. The Balaban J connectivity index is 2.31. The molecule has 1 aliphatic carbocycles. The van der Waals surface area contributed by atoms with Crippen LogP contribution < -0.4 is 11.5 Å². The first-order valence-corrected chi connectivity index (χ1v) is 4.59. The number of aromatic nitrogens is 1. The summed E-state index contributed by atoms with van der Waals surface area (Å²) in [7, 11) is 0. The standard InChI is InChI=1S/C10H11N3O2/c11-8(14)10(9(12)15)4-7(10)6-2-1-3-13-5-6/h1-3,5,7H,4H2,(H2,11,14)(H2,12,15). The van der Waals surface area contributed by atoms with Crippen molar-refractivity contribution in [2.24, 2.45) is 16.9 Å². The summed E-state index contributed by atoms with van der Waals surface area (Å²) in [6, 6.07) is 3.56. The van der Waals surface area contributed by atoms with E-state index in [2.05, 4.69) is 4.98 Å². The molecule has 0 aliphatic heterocycles. The fourth-order valence-electron chi connectivity index (χ4n) is 1.91. The van der Waals surface area contributed by atoms with Gasteiger partial charge in [-0.1, -0.05) is 6.07 Å². The van der Waals surface area contributed by atoms with Crippen LogP contribution in [0.1, 0.15) is 17.9 Å². The topological polar surface area (TPSA) is 99.1 Å². The van der Waals surface area contributed by atoms with Gasteiger partial charge in [-0.15, -0.1) is 0 Å². The zero-order valence-electron chi connectivity index (χ0n) is 8.01. The molecule has 0 radical (unpaired) electrons. The third-order valence-corrected chi connectivity index (χ3v) is 2.93. The van der Waals surface area contributed by atoms with Gasteiger partial charge in [-0.3, -0.25) is 14.6 Å². The van der Waals surface area contributed by atoms with Crippen LogP contribution in [0.15, 0.2) is 24.5 Å². The van der Waals surface area contributed by atoms with E-state index in [0.717, 1.165) is 5.56 Å². The fourth-order valence-corrected chi connectivity index (χ4v) is 1.91. The highest BCUT2D eigenvalue weighted by molar-refractivity contribution is 6.08. The SMILES string of the molecule is NC(=O)C1(C(N)=O)CC1c1cccnc1. The summed E-state index contributed by atoms with van der Waals surface area (Å²) in [6.45, 7) is 0. The molecule has 1 saturated carbocycles. The molecular formula is C10H11N3O2. The molecule has 0 aromatic carbocycles. The second kappa shape index (κ2) is 3.05. The van der Waals surface area contributed by atoms with Crippen molar-refractivity contribution >= 4 is 11.8 Å². The molecule has 0 bridgehead atoms. The zero-order chi connectivity index (χ0) is 11.1. The van der Waals surface area contributed by atoms with Crippen LogP contribution in [-0.4, -0.2) is 16.8 Å². The van der Waals surface area contributed by atoms with Crippen molar-refractivity contribution in [2.45, 2.75) is 12.3 Å². The van der Waals surface area contributed by atoms with Gasteiger partial charge >= 0.3 is 0 Å². The van der Waals surface area contributed by atoms with Gasteiger partial charge in [0.2, 0.25) is 11.8 Å². The fraction of sp³-hybridized carbons (Fsp3) is 0.300. The number of nitrogens with zero attached hydrogens (tertiary/aromatic N) is 1. The summed E-state index contributed by atoms with van der Waals surface area (Å²) < 4.78 is 0. The molecule has 5 heteroatoms. The van der Waals surface area contributed by atoms with Gasteiger partial charge in [0, 0.05) is 18.3 Å². The lowest BCUT2D eigenvalue weighted by molar-refractivity contribution is -0.133. The Labute approximate surface area is 86.5 Å². The average Bonchev–Trinajstić information content (AvgIpc) is 2.95. The van der Waals surface area contributed by atoms with E-state index >= 15 is 0 Å². The van der Waals surface area contributed by atoms with Gasteiger partial charge in [0.15, 0.2) is 0 Å². The third kappa shape index (κ3) is 1.27. The third-order valence-electron chi connectivity index (χ3n) is 2.93. The molecule has 5 nitrogen and oxygen atoms in total. The first-order valence-electron chi connectivity index (χ1n) is 4.59. The van der Waals surface area contributed by atoms with Crippen LogP contribution in [-0.2, 0) is 9.59 Å². The Morgan fingerprint density at radius 3 is 2.47 bits per heavy atom. The average molecular weight is 205 g/mol. The van der Waals surface area contributed by atoms with Gasteiger partial charge in [-0.25, -0.2) is 0 Å². The number of nitrogens with two attached hydrogens (primary N) is 2. The number of hydrogen-bond acceptors (Lipinski definition) is 3. The highest BCUT2D eigenvalue weighted by Gasteiger charge is 2.64. The minimum atomic E-state index is -1.19. The summed E-state index contributed by atoms with van der Waals surface area (Å²) in [5.41, 5.74) is 10.0. The van der Waals surface area contributed by atoms with E-state index in [4.69, 9.17) is 11.5 Å². The molecule has 4 N–H and O–H groups in total. The number of carbonyl (C=O) groups excluding carboxylic acids is 2. The molecule has 15 heavy (non-hydrogen) atoms. The van der Waals surface area contributed by atoms with Crippen molar-refractivity contribution in [1.29, 1.82) is 0 Å². The molecule has 2 rings (SSSR count). The Hall–Kier alpha value is -1.91. The summed E-state index contributed by atoms with van der Waals surface area (Å²) in [5.74, 6) is -1.51. The van der Waals surface area contributed by atoms with Crippen LogP contribution in [0.5, 0.6) is 0 Å². The number of amides is 2. The van der Waals surface area contributed by atoms with Gasteiger partial charge in [0.25, 0.3) is 0 Å². The minimum Gasteiger partial charge on any atom is -0.369 e. The predicted molar refractivity (Wildman–Crippen MR) is 52.4 cm³/mol. The molecule has 0 saturated heterocycles. The van der Waals surface area contributed by atoms with Crippen LogP contribution in [0.25, 0.3) is 0 Å². The van der Waals surface area contributed by atoms with Crippen LogP contribution >= 0.6 is 0 Å². The van der Waals surface area contributed by atoms with Crippen LogP contribution in [0.3, 0.4) is 0 Å². The van der Waals surface area contributed by atoms with E-state index in [1.807, 2.05) is 6.07 Å². The molecule has 2 amide bonds. The van der Waals surface area contributed by atoms with Gasteiger partial charge < -0.3 is 11.5 Å². The zero-order valence-corrected chi connectivity index (χ0v) is 8.01. The second-order valence-electron chi connectivity index (χ2n) is 3.74. The number of carbonyl (C=O) groups is 2. The molecular weight excluding hydrogens is 194 g/mol. The van der Waals surface area contributed by atoms with Crippen molar-refractivity contribution in [2.75, 3.05) is 0 Å². The molecule has 0 spiro atoms. The lowest BCUT2D eigenvalue weighted by Crippen LogP contribution is -2.38. The lowest BCUT2D eigenvalue weighted by atomic mass is 9.99. The van der Waals surface area contributed by atoms with Gasteiger partial charge in [0.1, 0.15) is 5.41 Å². The monoisotopic (exact) mass is 205 g/mol. The van der Waals surface area contributed by atoms with Crippen LogP contribution in [0.4, 0.5) is 0 Å². The molecule has 1 aromatic rings. The van der Waals surface area contributed by atoms with Crippen molar-refractivity contribution in [3.63, 3.8) is 0 Å². The second-order valence-corrected chi connectivity index (χ2v) is 3.74. The Kier molecular flexibility index (Phi) is 1.96. The first kappa shape index (κ1) is 9.64. The van der Waals surface area contributed by atoms with E-state index < -0.39 is 17.2 Å². The summed E-state index contributed by atoms with van der Waals surface area (Å²) >= 11 is 0. The molecule has 1 aromatic heterocycles. The molecule has 1 heterocycles. The molecule has 1 aliphatic rings. The number of primary amides is 2. The molecule has 1 unspecified atom stereocenters. The lowest BCUT2D eigenvalue weighted by Gasteiger charge is -2.08. The van der Waals surface area contributed by atoms with E-state index in [0.29, 0.717) is 6.42 Å². The number of rotatable bonds is 3. The molecule has 1 fully saturated rings. The maximum absolute atomic E-state index is 11.2. The summed E-state index contributed by atoms with van der Waals surface area (Å²) in [6.07, 6.45) is 3.64. The number of pyridine rings is 1. The normalized spacial score (nSPS) is 22.0. The van der Waals surface area contributed by atoms with Gasteiger partial charge in [-0.05, 0) is 18.1 Å². The van der Waals surface area contributed by atoms with Crippen molar-refractivity contribution in [3.05, 3.63) is 30.1 Å². The van der Waals surface area contributed by atoms with Crippen LogP contribution in [0, 0.1) is 5.41 Å². The smallest absolute Gasteiger partial charge is 0.233 e. The highest BCUT2D eigenvalue weighted by atomic mass is 16.2. The van der Waals surface area contributed by atoms with Crippen molar-refractivity contribution in [1.82, 2.24) is 4.98 Å². The maximum Gasteiger partial charge on any atom is 0.233 e. The molecule has 1 atom stereocenters. The minimum absolute atomic E-state index is 0.207. The summed E-state index contributed by atoms with van der Waals surface area (Å²) in [4.78, 5) is 26.3. The van der Waals surface area contributed by atoms with Crippen molar-refractivity contribution < 1.29 is 9.59 Å². The quantitative estimate of drug-likeness (QED) is 0.652. The summed E-state index contributed by atoms with van der Waals surface area (Å²) in [5, 5.41) is 0. The Morgan fingerprint density at radius 1 is 1.40 bits per heavy atom. The van der Waals surface area contributed by atoms with Crippen LogP contribution in [0.2, 0.25) is 0 Å². The maximum atomic E-state index is 11.2. The highest BCUT2D eigenvalue weighted by Crippen LogP contribution is 2.58. The van der Waals surface area contributed by atoms with E-state index in [1.54, 1.807) is 18.5 Å². The van der Waals surface area contributed by atoms with Gasteiger partial charge in [0.05, 0.1) is 0 Å². The number of hydrogen-bond donors (Lipinski definition) is 2. The first-order chi connectivity index (χ1) is 7.09. The molecule has 78 valence electrons. The largest absolute Gasteiger partial charge is 0.369 e.